The number of benzene rings is 2. The van der Waals surface area contributed by atoms with E-state index in [9.17, 15) is 23.1 Å². The van der Waals surface area contributed by atoms with Crippen LogP contribution in [-0.4, -0.2) is 21.0 Å². The van der Waals surface area contributed by atoms with Gasteiger partial charge in [-0.25, -0.2) is 14.8 Å². The Balaban J connectivity index is 1.68. The Hall–Kier alpha value is -2.98. The Kier molecular flexibility index (Phi) is 5.44. The highest BCUT2D eigenvalue weighted by molar-refractivity contribution is 7.19. The predicted octanol–water partition coefficient (Wildman–Crippen LogP) is 6.26. The molecule has 0 aliphatic carbocycles. The molecule has 0 amide bonds. The summed E-state index contributed by atoms with van der Waals surface area (Å²) in [6.45, 7) is 3.50. The van der Waals surface area contributed by atoms with Crippen LogP contribution in [0, 0.1) is 13.8 Å². The fourth-order valence-electron chi connectivity index (χ4n) is 3.05. The molecule has 31 heavy (non-hydrogen) atoms. The van der Waals surface area contributed by atoms with E-state index < -0.39 is 23.8 Å². The van der Waals surface area contributed by atoms with Crippen LogP contribution in [-0.2, 0) is 11.0 Å². The lowest BCUT2D eigenvalue weighted by Gasteiger charge is -2.14. The number of ether oxygens (including phenoxy) is 1. The van der Waals surface area contributed by atoms with Gasteiger partial charge < -0.3 is 9.84 Å². The molecule has 0 saturated carbocycles. The predicted molar refractivity (Wildman–Crippen MR) is 113 cm³/mol. The fraction of sp³-hybridized carbons (Fsp3) is 0.190. The molecule has 160 valence electrons. The number of carboxylic acids is 1. The van der Waals surface area contributed by atoms with Crippen molar-refractivity contribution in [2.24, 2.45) is 0 Å². The zero-order valence-corrected chi connectivity index (χ0v) is 17.9. The second-order valence-corrected chi connectivity index (χ2v) is 8.95. The maximum absolute atomic E-state index is 12.8. The average Bonchev–Trinajstić information content (AvgIpc) is 3.27. The SMILES string of the molecule is Cc1nc2cccc(OC(C(=O)O)c3sc(-c4ccc(C(F)(F)F)cc4)nc3C)c2s1. The summed E-state index contributed by atoms with van der Waals surface area (Å²) in [5.41, 5.74) is 0.872. The lowest BCUT2D eigenvalue weighted by Crippen LogP contribution is -2.18. The molecular formula is C21H15F3N2O3S2. The Morgan fingerprint density at radius 1 is 1.06 bits per heavy atom. The van der Waals surface area contributed by atoms with Gasteiger partial charge in [-0.3, -0.25) is 0 Å². The van der Waals surface area contributed by atoms with Crippen molar-refractivity contribution >= 4 is 38.9 Å². The molecule has 0 fully saturated rings. The number of carbonyl (C=O) groups is 1. The maximum atomic E-state index is 12.8. The van der Waals surface area contributed by atoms with Gasteiger partial charge in [0.25, 0.3) is 0 Å². The molecule has 0 aliphatic heterocycles. The van der Waals surface area contributed by atoms with E-state index in [0.29, 0.717) is 26.9 Å². The Bertz CT molecular complexity index is 1260. The van der Waals surface area contributed by atoms with Gasteiger partial charge >= 0.3 is 12.1 Å². The van der Waals surface area contributed by atoms with Gasteiger partial charge in [-0.2, -0.15) is 13.2 Å². The fourth-order valence-corrected chi connectivity index (χ4v) is 5.02. The van der Waals surface area contributed by atoms with E-state index in [-0.39, 0.29) is 0 Å². The summed E-state index contributed by atoms with van der Waals surface area (Å²) in [6.07, 6.45) is -5.74. The van der Waals surface area contributed by atoms with Crippen molar-refractivity contribution in [3.63, 3.8) is 0 Å². The first-order valence-corrected chi connectivity index (χ1v) is 10.7. The summed E-state index contributed by atoms with van der Waals surface area (Å²) in [7, 11) is 0. The van der Waals surface area contributed by atoms with Gasteiger partial charge in [0.05, 0.1) is 31.4 Å². The number of alkyl halides is 3. The molecule has 4 aromatic rings. The van der Waals surface area contributed by atoms with Crippen molar-refractivity contribution in [1.82, 2.24) is 9.97 Å². The first-order chi connectivity index (χ1) is 14.6. The average molecular weight is 464 g/mol. The number of nitrogens with zero attached hydrogens (tertiary/aromatic N) is 2. The molecule has 1 unspecified atom stereocenters. The quantitative estimate of drug-likeness (QED) is 0.377. The van der Waals surface area contributed by atoms with Crippen molar-refractivity contribution in [3.8, 4) is 16.3 Å². The maximum Gasteiger partial charge on any atom is 0.416 e. The van der Waals surface area contributed by atoms with Gasteiger partial charge in [0.15, 0.2) is 0 Å². The highest BCUT2D eigenvalue weighted by Crippen LogP contribution is 2.38. The molecule has 2 heterocycles. The highest BCUT2D eigenvalue weighted by Gasteiger charge is 2.31. The number of halogens is 3. The first kappa shape index (κ1) is 21.3. The molecule has 10 heteroatoms. The Labute approximate surface area is 182 Å². The number of thiazole rings is 2. The lowest BCUT2D eigenvalue weighted by molar-refractivity contribution is -0.145. The number of hydrogen-bond donors (Lipinski definition) is 1. The van der Waals surface area contributed by atoms with Crippen LogP contribution in [0.1, 0.15) is 27.2 Å². The van der Waals surface area contributed by atoms with Crippen molar-refractivity contribution < 1.29 is 27.8 Å². The summed E-state index contributed by atoms with van der Waals surface area (Å²) in [4.78, 5) is 21.1. The van der Waals surface area contributed by atoms with E-state index in [1.807, 2.05) is 13.0 Å². The van der Waals surface area contributed by atoms with E-state index in [2.05, 4.69) is 9.97 Å². The van der Waals surface area contributed by atoms with E-state index in [1.165, 1.54) is 23.5 Å². The first-order valence-electron chi connectivity index (χ1n) is 9.04. The van der Waals surface area contributed by atoms with Crippen LogP contribution < -0.4 is 4.74 Å². The van der Waals surface area contributed by atoms with Crippen LogP contribution in [0.2, 0.25) is 0 Å². The number of aromatic nitrogens is 2. The zero-order chi connectivity index (χ0) is 22.3. The third-order valence-corrected chi connectivity index (χ3v) is 6.74. The third kappa shape index (κ3) is 4.26. The van der Waals surface area contributed by atoms with Crippen LogP contribution >= 0.6 is 22.7 Å². The number of rotatable bonds is 5. The summed E-state index contributed by atoms with van der Waals surface area (Å²) in [5.74, 6) is -0.789. The number of aryl methyl sites for hydroxylation is 2. The van der Waals surface area contributed by atoms with Gasteiger partial charge in [-0.05, 0) is 38.1 Å². The summed E-state index contributed by atoms with van der Waals surface area (Å²) >= 11 is 2.49. The number of hydrogen-bond acceptors (Lipinski definition) is 6. The summed E-state index contributed by atoms with van der Waals surface area (Å²) in [6, 6.07) is 9.84. The Morgan fingerprint density at radius 3 is 2.42 bits per heavy atom. The van der Waals surface area contributed by atoms with Gasteiger partial charge in [0.1, 0.15) is 10.8 Å². The molecule has 0 bridgehead atoms. The number of carboxylic acid groups (broad SMARTS) is 1. The highest BCUT2D eigenvalue weighted by atomic mass is 32.1. The van der Waals surface area contributed by atoms with Crippen molar-refractivity contribution in [1.29, 1.82) is 0 Å². The van der Waals surface area contributed by atoms with Crippen molar-refractivity contribution in [2.75, 3.05) is 0 Å². The lowest BCUT2D eigenvalue weighted by atomic mass is 10.1. The van der Waals surface area contributed by atoms with Gasteiger partial charge in [-0.15, -0.1) is 22.7 Å². The molecule has 0 radical (unpaired) electrons. The van der Waals surface area contributed by atoms with Gasteiger partial charge in [-0.1, -0.05) is 18.2 Å². The van der Waals surface area contributed by atoms with Gasteiger partial charge in [0, 0.05) is 5.56 Å². The second-order valence-electron chi connectivity index (χ2n) is 6.72. The van der Waals surface area contributed by atoms with E-state index in [0.717, 1.165) is 38.7 Å². The molecule has 1 N–H and O–H groups in total. The molecule has 2 aromatic carbocycles. The normalized spacial score (nSPS) is 12.8. The molecule has 1 atom stereocenters. The van der Waals surface area contributed by atoms with Crippen LogP contribution in [0.5, 0.6) is 5.75 Å². The minimum Gasteiger partial charge on any atom is -0.478 e. The van der Waals surface area contributed by atoms with E-state index in [1.54, 1.807) is 19.1 Å². The number of fused-ring (bicyclic) bond motifs is 1. The smallest absolute Gasteiger partial charge is 0.416 e. The number of aliphatic carboxylic acids is 1. The molecule has 4 rings (SSSR count). The second kappa shape index (κ2) is 7.93. The minimum atomic E-state index is -4.43. The molecule has 5 nitrogen and oxygen atoms in total. The standard InChI is InChI=1S/C21H15F3N2O3S2/c1-10-17(31-19(25-10)12-6-8-13(9-7-12)21(22,23)24)16(20(27)28)29-15-5-3-4-14-18(15)30-11(2)26-14/h3-9,16H,1-2H3,(H,27,28). The van der Waals surface area contributed by atoms with E-state index in [4.69, 9.17) is 4.74 Å². The molecule has 2 aromatic heterocycles. The molecule has 0 saturated heterocycles. The van der Waals surface area contributed by atoms with Crippen LogP contribution in [0.4, 0.5) is 13.2 Å². The monoisotopic (exact) mass is 464 g/mol. The minimum absolute atomic E-state index is 0.376. The zero-order valence-electron chi connectivity index (χ0n) is 16.2. The largest absolute Gasteiger partial charge is 0.478 e. The third-order valence-electron chi connectivity index (χ3n) is 4.48. The van der Waals surface area contributed by atoms with Crippen LogP contribution in [0.3, 0.4) is 0 Å². The molecule has 0 aliphatic rings. The summed E-state index contributed by atoms with van der Waals surface area (Å²) < 4.78 is 45.0. The topological polar surface area (TPSA) is 72.3 Å². The summed E-state index contributed by atoms with van der Waals surface area (Å²) in [5, 5.41) is 11.1. The van der Waals surface area contributed by atoms with Crippen molar-refractivity contribution in [3.05, 3.63) is 63.6 Å². The van der Waals surface area contributed by atoms with Gasteiger partial charge in [0.2, 0.25) is 6.10 Å². The Morgan fingerprint density at radius 2 is 1.77 bits per heavy atom. The van der Waals surface area contributed by atoms with Crippen molar-refractivity contribution in [2.45, 2.75) is 26.1 Å². The van der Waals surface area contributed by atoms with Crippen LogP contribution in [0.25, 0.3) is 20.8 Å². The van der Waals surface area contributed by atoms with E-state index >= 15 is 0 Å². The van der Waals surface area contributed by atoms with Crippen LogP contribution in [0.15, 0.2) is 42.5 Å². The molecular weight excluding hydrogens is 449 g/mol. The molecule has 0 spiro atoms.